The molecule has 1 aromatic carbocycles. The summed E-state index contributed by atoms with van der Waals surface area (Å²) in [6, 6.07) is 11.6. The first-order valence-corrected chi connectivity index (χ1v) is 6.53. The molecular weight excluding hydrogens is 252 g/mol. The second-order valence-corrected chi connectivity index (χ2v) is 4.88. The topological polar surface area (TPSA) is 43.6 Å². The number of carbonyl (C=O) groups is 1. The summed E-state index contributed by atoms with van der Waals surface area (Å²) in [6.45, 7) is 0. The van der Waals surface area contributed by atoms with Crippen LogP contribution in [0.25, 0.3) is 5.65 Å². The van der Waals surface area contributed by atoms with Gasteiger partial charge in [-0.05, 0) is 17.7 Å². The van der Waals surface area contributed by atoms with Gasteiger partial charge in [0, 0.05) is 30.6 Å². The Morgan fingerprint density at radius 2 is 2.05 bits per heavy atom. The maximum atomic E-state index is 11.8. The van der Waals surface area contributed by atoms with E-state index in [-0.39, 0.29) is 12.1 Å². The van der Waals surface area contributed by atoms with E-state index in [1.54, 1.807) is 6.20 Å². The molecule has 4 rings (SSSR count). The van der Waals surface area contributed by atoms with E-state index in [0.29, 0.717) is 12.0 Å². The molecule has 0 saturated heterocycles. The number of esters is 1. The van der Waals surface area contributed by atoms with Gasteiger partial charge in [0.15, 0.2) is 0 Å². The van der Waals surface area contributed by atoms with E-state index in [2.05, 4.69) is 4.98 Å². The van der Waals surface area contributed by atoms with Gasteiger partial charge < -0.3 is 9.14 Å². The van der Waals surface area contributed by atoms with Crippen LogP contribution in [0.1, 0.15) is 27.6 Å². The zero-order valence-corrected chi connectivity index (χ0v) is 10.7. The summed E-state index contributed by atoms with van der Waals surface area (Å²) in [6.07, 6.45) is 6.06. The molecule has 0 N–H and O–H groups in total. The standard InChI is InChI=1S/C16H12N2O2/c19-16-13-6-2-1-5-12(13)14(20-16)10-11-4-3-8-18-9-7-17-15(11)18/h1-9,14H,10H2. The fourth-order valence-corrected chi connectivity index (χ4v) is 2.74. The highest BCUT2D eigenvalue weighted by molar-refractivity contribution is 5.94. The van der Waals surface area contributed by atoms with Gasteiger partial charge in [0.1, 0.15) is 11.8 Å². The number of pyridine rings is 1. The van der Waals surface area contributed by atoms with Crippen LogP contribution in [-0.2, 0) is 11.2 Å². The van der Waals surface area contributed by atoms with Crippen LogP contribution in [0.3, 0.4) is 0 Å². The molecule has 0 amide bonds. The number of benzene rings is 1. The van der Waals surface area contributed by atoms with Crippen molar-refractivity contribution < 1.29 is 9.53 Å². The Hall–Kier alpha value is -2.62. The average Bonchev–Trinajstić information content (AvgIpc) is 3.06. The number of carbonyl (C=O) groups excluding carboxylic acids is 1. The van der Waals surface area contributed by atoms with Gasteiger partial charge >= 0.3 is 5.97 Å². The largest absolute Gasteiger partial charge is 0.454 e. The van der Waals surface area contributed by atoms with Crippen molar-refractivity contribution >= 4 is 11.6 Å². The molecule has 3 aromatic rings. The quantitative estimate of drug-likeness (QED) is 0.668. The molecule has 98 valence electrons. The molecule has 1 aliphatic rings. The summed E-state index contributed by atoms with van der Waals surface area (Å²) >= 11 is 0. The number of aromatic nitrogens is 2. The molecule has 0 bridgehead atoms. The molecule has 0 radical (unpaired) electrons. The van der Waals surface area contributed by atoms with E-state index in [1.807, 2.05) is 53.2 Å². The number of imidazole rings is 1. The lowest BCUT2D eigenvalue weighted by Gasteiger charge is -2.11. The van der Waals surface area contributed by atoms with Gasteiger partial charge in [0.25, 0.3) is 0 Å². The first-order valence-electron chi connectivity index (χ1n) is 6.53. The van der Waals surface area contributed by atoms with Crippen LogP contribution in [-0.4, -0.2) is 15.4 Å². The SMILES string of the molecule is O=C1OC(Cc2cccn3ccnc23)c2ccccc21. The van der Waals surface area contributed by atoms with Gasteiger partial charge in [-0.15, -0.1) is 0 Å². The van der Waals surface area contributed by atoms with Gasteiger partial charge in [-0.1, -0.05) is 24.3 Å². The number of fused-ring (bicyclic) bond motifs is 2. The van der Waals surface area contributed by atoms with Gasteiger partial charge in [-0.3, -0.25) is 0 Å². The maximum Gasteiger partial charge on any atom is 0.339 e. The molecule has 4 heteroatoms. The van der Waals surface area contributed by atoms with Crippen molar-refractivity contribution in [2.75, 3.05) is 0 Å². The number of nitrogens with zero attached hydrogens (tertiary/aromatic N) is 2. The summed E-state index contributed by atoms with van der Waals surface area (Å²) in [5.74, 6) is -0.235. The molecule has 4 nitrogen and oxygen atoms in total. The van der Waals surface area contributed by atoms with E-state index >= 15 is 0 Å². The van der Waals surface area contributed by atoms with Crippen LogP contribution in [0.2, 0.25) is 0 Å². The van der Waals surface area contributed by atoms with Crippen molar-refractivity contribution in [1.29, 1.82) is 0 Å². The van der Waals surface area contributed by atoms with Crippen LogP contribution in [0.5, 0.6) is 0 Å². The lowest BCUT2D eigenvalue weighted by Crippen LogP contribution is -2.04. The van der Waals surface area contributed by atoms with E-state index in [4.69, 9.17) is 4.74 Å². The maximum absolute atomic E-state index is 11.8. The van der Waals surface area contributed by atoms with Crippen molar-refractivity contribution in [2.24, 2.45) is 0 Å². The molecule has 0 fully saturated rings. The van der Waals surface area contributed by atoms with Crippen molar-refractivity contribution in [1.82, 2.24) is 9.38 Å². The second kappa shape index (κ2) is 4.20. The molecule has 0 spiro atoms. The first-order chi connectivity index (χ1) is 9.83. The van der Waals surface area contributed by atoms with Gasteiger partial charge in [-0.2, -0.15) is 0 Å². The average molecular weight is 264 g/mol. The number of ether oxygens (including phenoxy) is 1. The lowest BCUT2D eigenvalue weighted by atomic mass is 10.00. The fraction of sp³-hybridized carbons (Fsp3) is 0.125. The van der Waals surface area contributed by atoms with Crippen molar-refractivity contribution in [3.63, 3.8) is 0 Å². The Morgan fingerprint density at radius 3 is 3.00 bits per heavy atom. The Morgan fingerprint density at radius 1 is 1.15 bits per heavy atom. The molecule has 0 saturated carbocycles. The van der Waals surface area contributed by atoms with Crippen LogP contribution >= 0.6 is 0 Å². The molecule has 20 heavy (non-hydrogen) atoms. The van der Waals surface area contributed by atoms with Gasteiger partial charge in [0.05, 0.1) is 5.56 Å². The predicted octanol–water partition coefficient (Wildman–Crippen LogP) is 2.79. The molecule has 1 aliphatic heterocycles. The summed E-state index contributed by atoms with van der Waals surface area (Å²) in [4.78, 5) is 16.2. The highest BCUT2D eigenvalue weighted by atomic mass is 16.5. The summed E-state index contributed by atoms with van der Waals surface area (Å²) in [5.41, 5.74) is 3.62. The normalized spacial score (nSPS) is 17.2. The minimum absolute atomic E-state index is 0.221. The number of cyclic esters (lactones) is 1. The zero-order valence-electron chi connectivity index (χ0n) is 10.7. The third-order valence-corrected chi connectivity index (χ3v) is 3.68. The highest BCUT2D eigenvalue weighted by Gasteiger charge is 2.30. The van der Waals surface area contributed by atoms with Gasteiger partial charge in [0.2, 0.25) is 0 Å². The number of rotatable bonds is 2. The molecule has 2 aromatic heterocycles. The molecular formula is C16H12N2O2. The predicted molar refractivity (Wildman–Crippen MR) is 73.5 cm³/mol. The fourth-order valence-electron chi connectivity index (χ4n) is 2.74. The van der Waals surface area contributed by atoms with E-state index in [0.717, 1.165) is 16.8 Å². The Balaban J connectivity index is 1.74. The second-order valence-electron chi connectivity index (χ2n) is 4.88. The smallest absolute Gasteiger partial charge is 0.339 e. The molecule has 1 unspecified atom stereocenters. The van der Waals surface area contributed by atoms with E-state index in [1.165, 1.54) is 0 Å². The van der Waals surface area contributed by atoms with Crippen LogP contribution < -0.4 is 0 Å². The Bertz CT molecular complexity index is 807. The Kier molecular flexibility index (Phi) is 2.36. The summed E-state index contributed by atoms with van der Waals surface area (Å²) in [5, 5.41) is 0. The van der Waals surface area contributed by atoms with Crippen molar-refractivity contribution in [3.05, 3.63) is 71.7 Å². The van der Waals surface area contributed by atoms with Crippen molar-refractivity contribution in [3.8, 4) is 0 Å². The van der Waals surface area contributed by atoms with Crippen LogP contribution in [0.15, 0.2) is 55.0 Å². The minimum atomic E-state index is -0.235. The summed E-state index contributed by atoms with van der Waals surface area (Å²) in [7, 11) is 0. The lowest BCUT2D eigenvalue weighted by molar-refractivity contribution is 0.0387. The third kappa shape index (κ3) is 1.61. The van der Waals surface area contributed by atoms with Crippen LogP contribution in [0.4, 0.5) is 0 Å². The monoisotopic (exact) mass is 264 g/mol. The Labute approximate surface area is 115 Å². The minimum Gasteiger partial charge on any atom is -0.454 e. The van der Waals surface area contributed by atoms with Gasteiger partial charge in [-0.25, -0.2) is 9.78 Å². The molecule has 1 atom stereocenters. The van der Waals surface area contributed by atoms with E-state index in [9.17, 15) is 4.79 Å². The molecule has 0 aliphatic carbocycles. The number of hydrogen-bond donors (Lipinski definition) is 0. The van der Waals surface area contributed by atoms with Crippen molar-refractivity contribution in [2.45, 2.75) is 12.5 Å². The zero-order chi connectivity index (χ0) is 13.5. The number of hydrogen-bond acceptors (Lipinski definition) is 3. The highest BCUT2D eigenvalue weighted by Crippen LogP contribution is 2.33. The summed E-state index contributed by atoms with van der Waals surface area (Å²) < 4.78 is 7.46. The van der Waals surface area contributed by atoms with E-state index < -0.39 is 0 Å². The third-order valence-electron chi connectivity index (χ3n) is 3.68. The molecule has 3 heterocycles. The first kappa shape index (κ1) is 11.2. The van der Waals surface area contributed by atoms with Crippen LogP contribution in [0, 0.1) is 0 Å².